The molecule has 0 atom stereocenters. The minimum atomic E-state index is -0.502. The second-order valence-electron chi connectivity index (χ2n) is 8.29. The first kappa shape index (κ1) is 23.7. The molecule has 0 unspecified atom stereocenters. The third-order valence-electron chi connectivity index (χ3n) is 5.87. The number of aryl methyl sites for hydroxylation is 1. The number of aromatic nitrogens is 1. The Hall–Kier alpha value is -3.43. The number of amides is 1. The van der Waals surface area contributed by atoms with E-state index in [0.29, 0.717) is 12.4 Å². The van der Waals surface area contributed by atoms with Gasteiger partial charge in [-0.25, -0.2) is 9.37 Å². The van der Waals surface area contributed by atoms with Crippen LogP contribution in [0.4, 0.5) is 10.1 Å². The van der Waals surface area contributed by atoms with Gasteiger partial charge >= 0.3 is 0 Å². The lowest BCUT2D eigenvalue weighted by atomic mass is 10.1. The highest BCUT2D eigenvalue weighted by Crippen LogP contribution is 2.26. The van der Waals surface area contributed by atoms with E-state index >= 15 is 0 Å². The Balaban J connectivity index is 1.29. The predicted molar refractivity (Wildman–Crippen MR) is 126 cm³/mol. The summed E-state index contributed by atoms with van der Waals surface area (Å²) in [6.45, 7) is 6.59. The van der Waals surface area contributed by atoms with Crippen LogP contribution in [0.15, 0.2) is 47.1 Å². The van der Waals surface area contributed by atoms with Crippen molar-refractivity contribution >= 4 is 11.6 Å². The van der Waals surface area contributed by atoms with Crippen LogP contribution < -0.4 is 14.8 Å². The first-order valence-corrected chi connectivity index (χ1v) is 11.1. The summed E-state index contributed by atoms with van der Waals surface area (Å²) in [6.07, 6.45) is 1.31. The Kier molecular flexibility index (Phi) is 7.44. The highest BCUT2D eigenvalue weighted by Gasteiger charge is 2.21. The summed E-state index contributed by atoms with van der Waals surface area (Å²) in [7, 11) is 3.30. The highest BCUT2D eigenvalue weighted by atomic mass is 19.1. The molecule has 0 saturated carbocycles. The quantitative estimate of drug-likeness (QED) is 0.540. The molecule has 1 fully saturated rings. The van der Waals surface area contributed by atoms with Crippen LogP contribution in [0.5, 0.6) is 11.5 Å². The second-order valence-corrected chi connectivity index (χ2v) is 8.29. The lowest BCUT2D eigenvalue weighted by Gasteiger charge is -2.34. The average Bonchev–Trinajstić information content (AvgIpc) is 3.31. The molecule has 9 heteroatoms. The Morgan fingerprint density at radius 1 is 1.06 bits per heavy atom. The standard InChI is InChI=1S/C25H29FN4O4/c1-17-4-7-20(26)21(12-17)28-25(31)22-16-34-24(27-22)15-30-10-8-29(9-11-30)14-18-5-6-19(32-2)13-23(18)33-3/h4-7,12-13,16H,8-11,14-15H2,1-3H3,(H,28,31). The molecule has 34 heavy (non-hydrogen) atoms. The normalized spacial score (nSPS) is 14.7. The molecule has 180 valence electrons. The Morgan fingerprint density at radius 3 is 2.50 bits per heavy atom. The number of carbonyl (C=O) groups excluding carboxylic acids is 1. The smallest absolute Gasteiger partial charge is 0.277 e. The van der Waals surface area contributed by atoms with E-state index in [-0.39, 0.29) is 11.4 Å². The Labute approximate surface area is 198 Å². The summed E-state index contributed by atoms with van der Waals surface area (Å²) in [5.74, 6) is 1.05. The van der Waals surface area contributed by atoms with E-state index in [1.54, 1.807) is 26.4 Å². The fourth-order valence-corrected chi connectivity index (χ4v) is 3.93. The molecule has 0 spiro atoms. The topological polar surface area (TPSA) is 80.1 Å². The SMILES string of the molecule is COc1ccc(CN2CCN(Cc3nc(C(=O)Nc4cc(C)ccc4F)co3)CC2)c(OC)c1. The average molecular weight is 469 g/mol. The van der Waals surface area contributed by atoms with E-state index in [1.807, 2.05) is 25.1 Å². The molecule has 1 saturated heterocycles. The molecule has 0 radical (unpaired) electrons. The van der Waals surface area contributed by atoms with Gasteiger partial charge in [0.2, 0.25) is 5.89 Å². The fraction of sp³-hybridized carbons (Fsp3) is 0.360. The Morgan fingerprint density at radius 2 is 1.79 bits per heavy atom. The van der Waals surface area contributed by atoms with Crippen molar-refractivity contribution in [3.63, 3.8) is 0 Å². The summed E-state index contributed by atoms with van der Waals surface area (Å²) in [4.78, 5) is 21.3. The van der Waals surface area contributed by atoms with Gasteiger partial charge in [0.1, 0.15) is 23.6 Å². The van der Waals surface area contributed by atoms with Crippen LogP contribution in [-0.4, -0.2) is 61.1 Å². The van der Waals surface area contributed by atoms with Gasteiger partial charge in [-0.3, -0.25) is 14.6 Å². The lowest BCUT2D eigenvalue weighted by molar-refractivity contribution is 0.102. The zero-order valence-corrected chi connectivity index (χ0v) is 19.6. The number of rotatable bonds is 8. The molecule has 1 aliphatic rings. The summed E-state index contributed by atoms with van der Waals surface area (Å²) < 4.78 is 30.2. The molecule has 3 aromatic rings. The molecule has 2 heterocycles. The van der Waals surface area contributed by atoms with E-state index in [9.17, 15) is 9.18 Å². The minimum absolute atomic E-state index is 0.124. The van der Waals surface area contributed by atoms with Gasteiger partial charge in [-0.1, -0.05) is 12.1 Å². The van der Waals surface area contributed by atoms with Gasteiger partial charge in [0, 0.05) is 44.4 Å². The van der Waals surface area contributed by atoms with Gasteiger partial charge in [-0.05, 0) is 30.7 Å². The lowest BCUT2D eigenvalue weighted by Crippen LogP contribution is -2.45. The van der Waals surface area contributed by atoms with Gasteiger partial charge in [0.25, 0.3) is 5.91 Å². The number of anilines is 1. The van der Waals surface area contributed by atoms with Crippen molar-refractivity contribution < 1.29 is 23.1 Å². The van der Waals surface area contributed by atoms with Crippen LogP contribution in [0.3, 0.4) is 0 Å². The van der Waals surface area contributed by atoms with Crippen LogP contribution in [0.1, 0.15) is 27.5 Å². The van der Waals surface area contributed by atoms with Crippen molar-refractivity contribution in [1.82, 2.24) is 14.8 Å². The molecule has 0 aliphatic carbocycles. The molecule has 4 rings (SSSR count). The number of carbonyl (C=O) groups is 1. The summed E-state index contributed by atoms with van der Waals surface area (Å²) in [6, 6.07) is 10.4. The van der Waals surface area contributed by atoms with E-state index in [0.717, 1.165) is 55.3 Å². The molecular weight excluding hydrogens is 439 g/mol. The molecule has 1 aliphatic heterocycles. The van der Waals surface area contributed by atoms with Crippen LogP contribution in [0, 0.1) is 12.7 Å². The number of methoxy groups -OCH3 is 2. The van der Waals surface area contributed by atoms with Crippen LogP contribution >= 0.6 is 0 Å². The maximum absolute atomic E-state index is 13.9. The number of halogens is 1. The number of hydrogen-bond acceptors (Lipinski definition) is 7. The van der Waals surface area contributed by atoms with Crippen molar-refractivity contribution in [2.24, 2.45) is 0 Å². The molecule has 8 nitrogen and oxygen atoms in total. The number of nitrogens with one attached hydrogen (secondary N) is 1. The monoisotopic (exact) mass is 468 g/mol. The summed E-state index contributed by atoms with van der Waals surface area (Å²) in [5, 5.41) is 2.55. The Bertz CT molecular complexity index is 1140. The number of hydrogen-bond donors (Lipinski definition) is 1. The zero-order chi connectivity index (χ0) is 24.1. The molecule has 2 aromatic carbocycles. The largest absolute Gasteiger partial charge is 0.497 e. The van der Waals surface area contributed by atoms with Crippen molar-refractivity contribution in [1.29, 1.82) is 0 Å². The molecule has 1 amide bonds. The third-order valence-corrected chi connectivity index (χ3v) is 5.87. The van der Waals surface area contributed by atoms with Crippen molar-refractivity contribution in [3.8, 4) is 11.5 Å². The molecule has 0 bridgehead atoms. The highest BCUT2D eigenvalue weighted by molar-refractivity contribution is 6.02. The van der Waals surface area contributed by atoms with Crippen molar-refractivity contribution in [2.75, 3.05) is 45.7 Å². The van der Waals surface area contributed by atoms with Crippen molar-refractivity contribution in [2.45, 2.75) is 20.0 Å². The maximum Gasteiger partial charge on any atom is 0.277 e. The predicted octanol–water partition coefficient (Wildman–Crippen LogP) is 3.71. The first-order chi connectivity index (χ1) is 16.4. The maximum atomic E-state index is 13.9. The first-order valence-electron chi connectivity index (χ1n) is 11.1. The molecular formula is C25H29FN4O4. The third kappa shape index (κ3) is 5.73. The van der Waals surface area contributed by atoms with Gasteiger partial charge < -0.3 is 19.2 Å². The minimum Gasteiger partial charge on any atom is -0.497 e. The number of piperazine rings is 1. The molecule has 1 N–H and O–H groups in total. The summed E-state index contributed by atoms with van der Waals surface area (Å²) in [5.41, 5.74) is 2.22. The number of nitrogens with zero attached hydrogens (tertiary/aromatic N) is 3. The van der Waals surface area contributed by atoms with Crippen LogP contribution in [0.2, 0.25) is 0 Å². The van der Waals surface area contributed by atoms with E-state index < -0.39 is 11.7 Å². The number of oxazole rings is 1. The van der Waals surface area contributed by atoms with Gasteiger partial charge in [-0.15, -0.1) is 0 Å². The number of ether oxygens (including phenoxy) is 2. The van der Waals surface area contributed by atoms with Gasteiger partial charge in [-0.2, -0.15) is 0 Å². The van der Waals surface area contributed by atoms with Gasteiger partial charge in [0.05, 0.1) is 26.5 Å². The van der Waals surface area contributed by atoms with E-state index in [4.69, 9.17) is 13.9 Å². The van der Waals surface area contributed by atoms with Gasteiger partial charge in [0.15, 0.2) is 5.69 Å². The van der Waals surface area contributed by atoms with Crippen molar-refractivity contribution in [3.05, 3.63) is 71.2 Å². The fourth-order valence-electron chi connectivity index (χ4n) is 3.93. The second kappa shape index (κ2) is 10.7. The van der Waals surface area contributed by atoms with E-state index in [1.165, 1.54) is 12.3 Å². The van der Waals surface area contributed by atoms with E-state index in [2.05, 4.69) is 20.1 Å². The number of benzene rings is 2. The molecule has 1 aromatic heterocycles. The zero-order valence-electron chi connectivity index (χ0n) is 19.6. The summed E-state index contributed by atoms with van der Waals surface area (Å²) >= 11 is 0. The van der Waals surface area contributed by atoms with Crippen LogP contribution in [-0.2, 0) is 13.1 Å². The van der Waals surface area contributed by atoms with Crippen LogP contribution in [0.25, 0.3) is 0 Å².